The third-order valence-electron chi connectivity index (χ3n) is 5.67. The maximum Gasteiger partial charge on any atom is 0.311 e. The second kappa shape index (κ2) is 7.25. The Balaban J connectivity index is 1.58. The molecule has 0 saturated heterocycles. The summed E-state index contributed by atoms with van der Waals surface area (Å²) in [6, 6.07) is 19.3. The number of aryl methyl sites for hydroxylation is 1. The number of hydrogen-bond acceptors (Lipinski definition) is 6. The number of likely N-dealkylation sites (N-methyl/N-ethyl adjacent to an activating group) is 1. The van der Waals surface area contributed by atoms with Crippen LogP contribution in [-0.4, -0.2) is 37.2 Å². The van der Waals surface area contributed by atoms with Gasteiger partial charge in [-0.25, -0.2) is 9.97 Å². The smallest absolute Gasteiger partial charge is 0.311 e. The molecule has 0 bridgehead atoms. The monoisotopic (exact) mass is 419 g/mol. The summed E-state index contributed by atoms with van der Waals surface area (Å²) in [5.74, 6) is 0.958. The summed E-state index contributed by atoms with van der Waals surface area (Å²) in [6.45, 7) is 0. The third kappa shape index (κ3) is 3.35. The molecule has 1 aliphatic carbocycles. The zero-order valence-corrected chi connectivity index (χ0v) is 17.3. The minimum absolute atomic E-state index is 0.0739. The van der Waals surface area contributed by atoms with Gasteiger partial charge < -0.3 is 9.08 Å². The van der Waals surface area contributed by atoms with E-state index in [9.17, 15) is 8.42 Å². The highest BCUT2D eigenvalue weighted by Crippen LogP contribution is 2.40. The molecule has 0 fully saturated rings. The van der Waals surface area contributed by atoms with Crippen molar-refractivity contribution in [1.82, 2.24) is 9.97 Å². The molecule has 5 rings (SSSR count). The summed E-state index contributed by atoms with van der Waals surface area (Å²) in [6.07, 6.45) is 3.11. The minimum atomic E-state index is -3.72. The maximum absolute atomic E-state index is 12.6. The molecule has 0 saturated carbocycles. The number of para-hydroxylation sites is 1. The van der Waals surface area contributed by atoms with Gasteiger partial charge in [-0.2, -0.15) is 8.42 Å². The summed E-state index contributed by atoms with van der Waals surface area (Å²) in [4.78, 5) is 11.2. The highest BCUT2D eigenvalue weighted by molar-refractivity contribution is 7.87. The molecular formula is C23H21N3O3S. The van der Waals surface area contributed by atoms with E-state index in [4.69, 9.17) is 9.17 Å². The molecule has 7 heteroatoms. The number of aromatic nitrogens is 2. The molecule has 1 unspecified atom stereocenters. The molecule has 30 heavy (non-hydrogen) atoms. The van der Waals surface area contributed by atoms with Gasteiger partial charge in [-0.05, 0) is 30.5 Å². The van der Waals surface area contributed by atoms with Crippen molar-refractivity contribution in [2.45, 2.75) is 18.9 Å². The second-order valence-electron chi connectivity index (χ2n) is 7.54. The van der Waals surface area contributed by atoms with Gasteiger partial charge in [0.1, 0.15) is 5.75 Å². The van der Waals surface area contributed by atoms with Crippen molar-refractivity contribution in [3.05, 3.63) is 83.7 Å². The van der Waals surface area contributed by atoms with Crippen LogP contribution < -0.4 is 4.90 Å². The summed E-state index contributed by atoms with van der Waals surface area (Å²) in [5.41, 5.74) is 4.37. The van der Waals surface area contributed by atoms with Crippen molar-refractivity contribution in [2.24, 2.45) is 0 Å². The van der Waals surface area contributed by atoms with Gasteiger partial charge in [-0.1, -0.05) is 48.5 Å². The summed E-state index contributed by atoms with van der Waals surface area (Å²) in [5, 5.41) is 0. The molecule has 6 nitrogen and oxygen atoms in total. The highest BCUT2D eigenvalue weighted by atomic mass is 32.2. The molecule has 1 atom stereocenters. The Morgan fingerprint density at radius 2 is 1.70 bits per heavy atom. The highest BCUT2D eigenvalue weighted by Gasteiger charge is 2.39. The fraction of sp³-hybridized carbons (Fsp3) is 0.217. The van der Waals surface area contributed by atoms with E-state index in [0.717, 1.165) is 28.9 Å². The number of hydrogen-bond donors (Lipinski definition) is 0. The molecule has 2 heterocycles. The first kappa shape index (κ1) is 18.8. The molecule has 0 spiro atoms. The molecule has 0 radical (unpaired) electrons. The van der Waals surface area contributed by atoms with Crippen LogP contribution in [0.2, 0.25) is 0 Å². The topological polar surface area (TPSA) is 72.4 Å². The molecule has 1 aromatic heterocycles. The second-order valence-corrected chi connectivity index (χ2v) is 9.16. The van der Waals surface area contributed by atoms with Crippen molar-refractivity contribution in [1.29, 1.82) is 0 Å². The van der Waals surface area contributed by atoms with Crippen LogP contribution in [0.25, 0.3) is 17.1 Å². The van der Waals surface area contributed by atoms with Crippen molar-refractivity contribution >= 4 is 21.6 Å². The van der Waals surface area contributed by atoms with E-state index in [1.807, 2.05) is 72.6 Å². The molecule has 152 valence electrons. The summed E-state index contributed by atoms with van der Waals surface area (Å²) >= 11 is 0. The fourth-order valence-electron chi connectivity index (χ4n) is 4.12. The standard InChI is InChI=1S/C23H21N3O3S/c1-26(17-10-6-3-7-11-17)21-15-30(27,28)29-22-18(21)12-13-20-19(22)14-24-23(25-20)16-8-4-2-5-9-16/h2-11,14,21H,12-13,15H2,1H3. The minimum Gasteiger partial charge on any atom is -0.382 e. The van der Waals surface area contributed by atoms with E-state index < -0.39 is 10.1 Å². The normalized spacial score (nSPS) is 19.4. The molecule has 2 aromatic carbocycles. The first-order valence-corrected chi connectivity index (χ1v) is 11.4. The van der Waals surface area contributed by atoms with Crippen LogP contribution in [0.1, 0.15) is 17.7 Å². The van der Waals surface area contributed by atoms with E-state index in [1.54, 1.807) is 6.20 Å². The Morgan fingerprint density at radius 3 is 2.43 bits per heavy atom. The van der Waals surface area contributed by atoms with E-state index in [0.29, 0.717) is 23.6 Å². The van der Waals surface area contributed by atoms with Gasteiger partial charge in [0.2, 0.25) is 0 Å². The number of benzene rings is 2. The fourth-order valence-corrected chi connectivity index (χ4v) is 5.45. The first-order chi connectivity index (χ1) is 14.5. The van der Waals surface area contributed by atoms with E-state index in [-0.39, 0.29) is 11.8 Å². The van der Waals surface area contributed by atoms with Crippen LogP contribution in [-0.2, 0) is 20.7 Å². The van der Waals surface area contributed by atoms with Crippen LogP contribution in [0, 0.1) is 0 Å². The number of rotatable bonds is 3. The predicted molar refractivity (Wildman–Crippen MR) is 116 cm³/mol. The van der Waals surface area contributed by atoms with Crippen molar-refractivity contribution in [3.63, 3.8) is 0 Å². The Kier molecular flexibility index (Phi) is 4.55. The quantitative estimate of drug-likeness (QED) is 0.603. The molecule has 2 aliphatic rings. The van der Waals surface area contributed by atoms with Crippen molar-refractivity contribution in [2.75, 3.05) is 17.7 Å². The lowest BCUT2D eigenvalue weighted by Crippen LogP contribution is -2.43. The molecule has 0 amide bonds. The number of anilines is 1. The SMILES string of the molecule is CN(c1ccccc1)C1CS(=O)(=O)OC2=C1CCc1nc(-c3ccccc3)ncc12. The Labute approximate surface area is 176 Å². The first-order valence-electron chi connectivity index (χ1n) is 9.86. The van der Waals surface area contributed by atoms with Gasteiger partial charge in [-0.15, -0.1) is 0 Å². The zero-order valence-electron chi connectivity index (χ0n) is 16.5. The van der Waals surface area contributed by atoms with Crippen LogP contribution in [0.4, 0.5) is 5.69 Å². The average molecular weight is 420 g/mol. The van der Waals surface area contributed by atoms with Gasteiger partial charge in [0, 0.05) is 24.5 Å². The van der Waals surface area contributed by atoms with Gasteiger partial charge in [-0.3, -0.25) is 0 Å². The van der Waals surface area contributed by atoms with Crippen LogP contribution in [0.15, 0.2) is 72.4 Å². The maximum atomic E-state index is 12.6. The average Bonchev–Trinajstić information content (AvgIpc) is 2.78. The van der Waals surface area contributed by atoms with Crippen LogP contribution in [0.5, 0.6) is 0 Å². The molecule has 1 aliphatic heterocycles. The Morgan fingerprint density at radius 1 is 1.00 bits per heavy atom. The molecule has 3 aromatic rings. The van der Waals surface area contributed by atoms with E-state index in [2.05, 4.69) is 4.98 Å². The molecular weight excluding hydrogens is 398 g/mol. The van der Waals surface area contributed by atoms with Crippen molar-refractivity contribution < 1.29 is 12.6 Å². The molecule has 0 N–H and O–H groups in total. The lowest BCUT2D eigenvalue weighted by Gasteiger charge is -2.37. The summed E-state index contributed by atoms with van der Waals surface area (Å²) in [7, 11) is -1.79. The largest absolute Gasteiger partial charge is 0.382 e. The van der Waals surface area contributed by atoms with Crippen molar-refractivity contribution in [3.8, 4) is 11.4 Å². The number of nitrogens with zero attached hydrogens (tertiary/aromatic N) is 3. The zero-order chi connectivity index (χ0) is 20.7. The predicted octanol–water partition coefficient (Wildman–Crippen LogP) is 3.67. The van der Waals surface area contributed by atoms with Crippen LogP contribution in [0.3, 0.4) is 0 Å². The summed E-state index contributed by atoms with van der Waals surface area (Å²) < 4.78 is 30.8. The van der Waals surface area contributed by atoms with Gasteiger partial charge in [0.05, 0.1) is 17.3 Å². The third-order valence-corrected chi connectivity index (χ3v) is 6.82. The van der Waals surface area contributed by atoms with E-state index >= 15 is 0 Å². The van der Waals surface area contributed by atoms with Gasteiger partial charge in [0.15, 0.2) is 11.6 Å². The number of fused-ring (bicyclic) bond motifs is 2. The van der Waals surface area contributed by atoms with Crippen LogP contribution >= 0.6 is 0 Å². The van der Waals surface area contributed by atoms with E-state index in [1.165, 1.54) is 0 Å². The lowest BCUT2D eigenvalue weighted by molar-refractivity contribution is 0.435. The Bertz CT molecular complexity index is 1230. The lowest BCUT2D eigenvalue weighted by atomic mass is 9.90. The Hall–Kier alpha value is -3.19. The van der Waals surface area contributed by atoms with Gasteiger partial charge in [0.25, 0.3) is 0 Å². The van der Waals surface area contributed by atoms with Gasteiger partial charge >= 0.3 is 10.1 Å².